The van der Waals surface area contributed by atoms with Gasteiger partial charge in [0.05, 0.1) is 46.5 Å². The lowest BCUT2D eigenvalue weighted by molar-refractivity contribution is -0.147. The summed E-state index contributed by atoms with van der Waals surface area (Å²) in [6.45, 7) is 1.36. The molecule has 4 N–H and O–H groups in total. The summed E-state index contributed by atoms with van der Waals surface area (Å²) in [6.07, 6.45) is -0.310. The average molecular weight is 653 g/mol. The SMILES string of the molecule is CC(CC(=O)O)C(=O)O.c1ccc(NN(c2ccccc2)c2ccccc2)cc1.c1ccc(NN(c2ccccc2)c2ccccc2)cc1. The number of hydrogen-bond donors (Lipinski definition) is 4. The second-order valence-electron chi connectivity index (χ2n) is 10.8. The molecule has 0 heterocycles. The van der Waals surface area contributed by atoms with Crippen LogP contribution in [0.25, 0.3) is 0 Å². The molecule has 248 valence electrons. The maximum atomic E-state index is 9.97. The molecule has 1 unspecified atom stereocenters. The summed E-state index contributed by atoms with van der Waals surface area (Å²) in [5.74, 6) is -2.94. The number of nitrogens with zero attached hydrogens (tertiary/aromatic N) is 2. The molecule has 8 heteroatoms. The molecular formula is C41H40N4O4. The van der Waals surface area contributed by atoms with Crippen molar-refractivity contribution in [2.45, 2.75) is 13.3 Å². The molecule has 0 radical (unpaired) electrons. The summed E-state index contributed by atoms with van der Waals surface area (Å²) >= 11 is 0. The van der Waals surface area contributed by atoms with Crippen LogP contribution in [0.1, 0.15) is 13.3 Å². The van der Waals surface area contributed by atoms with Crippen LogP contribution in [-0.2, 0) is 9.59 Å². The second kappa shape index (κ2) is 19.2. The fraction of sp³-hybridized carbons (Fsp3) is 0.0732. The van der Waals surface area contributed by atoms with Crippen molar-refractivity contribution in [1.82, 2.24) is 0 Å². The molecule has 0 aliphatic rings. The van der Waals surface area contributed by atoms with Gasteiger partial charge in [0.2, 0.25) is 0 Å². The van der Waals surface area contributed by atoms with Crippen LogP contribution in [0.4, 0.5) is 34.1 Å². The van der Waals surface area contributed by atoms with Gasteiger partial charge in [-0.05, 0) is 72.8 Å². The van der Waals surface area contributed by atoms with Crippen LogP contribution in [0.5, 0.6) is 0 Å². The first kappa shape index (κ1) is 35.3. The predicted octanol–water partition coefficient (Wildman–Crippen LogP) is 9.89. The summed E-state index contributed by atoms with van der Waals surface area (Å²) in [6, 6.07) is 61.4. The van der Waals surface area contributed by atoms with Crippen molar-refractivity contribution in [3.8, 4) is 0 Å². The molecule has 0 amide bonds. The molecule has 0 saturated heterocycles. The number of carboxylic acids is 2. The van der Waals surface area contributed by atoms with Gasteiger partial charge in [-0.15, -0.1) is 0 Å². The smallest absolute Gasteiger partial charge is 0.306 e. The Morgan fingerprint density at radius 2 is 0.714 bits per heavy atom. The van der Waals surface area contributed by atoms with Crippen molar-refractivity contribution in [2.24, 2.45) is 5.92 Å². The van der Waals surface area contributed by atoms with Gasteiger partial charge in [-0.3, -0.25) is 30.5 Å². The molecule has 0 spiro atoms. The quantitative estimate of drug-likeness (QED) is 0.103. The largest absolute Gasteiger partial charge is 0.481 e. The Morgan fingerprint density at radius 1 is 0.469 bits per heavy atom. The van der Waals surface area contributed by atoms with Gasteiger partial charge in [0.1, 0.15) is 0 Å². The van der Waals surface area contributed by atoms with Gasteiger partial charge in [-0.1, -0.05) is 116 Å². The van der Waals surface area contributed by atoms with Gasteiger partial charge in [-0.2, -0.15) is 0 Å². The van der Waals surface area contributed by atoms with Gasteiger partial charge in [0, 0.05) is 0 Å². The molecular weight excluding hydrogens is 612 g/mol. The first-order valence-corrected chi connectivity index (χ1v) is 15.8. The Kier molecular flexibility index (Phi) is 13.8. The Hall–Kier alpha value is -6.54. The highest BCUT2D eigenvalue weighted by Crippen LogP contribution is 2.27. The lowest BCUT2D eigenvalue weighted by Gasteiger charge is -2.26. The molecule has 0 aromatic heterocycles. The lowest BCUT2D eigenvalue weighted by Crippen LogP contribution is -2.24. The summed E-state index contributed by atoms with van der Waals surface area (Å²) < 4.78 is 0. The van der Waals surface area contributed by atoms with Crippen LogP contribution in [0.2, 0.25) is 0 Å². The third-order valence-electron chi connectivity index (χ3n) is 6.99. The van der Waals surface area contributed by atoms with Crippen LogP contribution in [0.3, 0.4) is 0 Å². The highest BCUT2D eigenvalue weighted by molar-refractivity contribution is 5.77. The van der Waals surface area contributed by atoms with Crippen molar-refractivity contribution in [1.29, 1.82) is 0 Å². The highest BCUT2D eigenvalue weighted by Gasteiger charge is 2.14. The minimum absolute atomic E-state index is 0.310. The maximum Gasteiger partial charge on any atom is 0.306 e. The lowest BCUT2D eigenvalue weighted by atomic mass is 10.1. The first-order chi connectivity index (χ1) is 23.9. The van der Waals surface area contributed by atoms with E-state index in [1.54, 1.807) is 0 Å². The molecule has 0 fully saturated rings. The number of carbonyl (C=O) groups is 2. The molecule has 6 aromatic carbocycles. The fourth-order valence-electron chi connectivity index (χ4n) is 4.50. The van der Waals surface area contributed by atoms with Gasteiger partial charge < -0.3 is 10.2 Å². The number of hydrogen-bond acceptors (Lipinski definition) is 6. The summed E-state index contributed by atoms with van der Waals surface area (Å²) in [7, 11) is 0. The zero-order valence-corrected chi connectivity index (χ0v) is 27.2. The summed E-state index contributed by atoms with van der Waals surface area (Å²) in [5.41, 5.74) is 13.4. The number of anilines is 6. The zero-order chi connectivity index (χ0) is 34.7. The van der Waals surface area contributed by atoms with E-state index >= 15 is 0 Å². The van der Waals surface area contributed by atoms with Crippen LogP contribution in [0.15, 0.2) is 182 Å². The van der Waals surface area contributed by atoms with Crippen molar-refractivity contribution in [3.63, 3.8) is 0 Å². The third kappa shape index (κ3) is 12.0. The van der Waals surface area contributed by atoms with Gasteiger partial charge in [-0.25, -0.2) is 0 Å². The van der Waals surface area contributed by atoms with Gasteiger partial charge in [0.15, 0.2) is 0 Å². The van der Waals surface area contributed by atoms with Crippen molar-refractivity contribution >= 4 is 46.1 Å². The van der Waals surface area contributed by atoms with E-state index in [9.17, 15) is 9.59 Å². The minimum atomic E-state index is -1.08. The van der Waals surface area contributed by atoms with Crippen molar-refractivity contribution in [2.75, 3.05) is 20.9 Å². The minimum Gasteiger partial charge on any atom is -0.481 e. The second-order valence-corrected chi connectivity index (χ2v) is 10.8. The fourth-order valence-corrected chi connectivity index (χ4v) is 4.50. The zero-order valence-electron chi connectivity index (χ0n) is 27.2. The van der Waals surface area contributed by atoms with Crippen LogP contribution >= 0.6 is 0 Å². The van der Waals surface area contributed by atoms with E-state index in [0.29, 0.717) is 0 Å². The average Bonchev–Trinajstić information content (AvgIpc) is 3.15. The monoisotopic (exact) mass is 652 g/mol. The molecule has 1 atom stereocenters. The van der Waals surface area contributed by atoms with Crippen LogP contribution < -0.4 is 20.9 Å². The molecule has 0 bridgehead atoms. The molecule has 49 heavy (non-hydrogen) atoms. The maximum absolute atomic E-state index is 9.97. The number of hydrazine groups is 2. The van der Waals surface area contributed by atoms with Gasteiger partial charge in [0.25, 0.3) is 0 Å². The third-order valence-corrected chi connectivity index (χ3v) is 6.99. The van der Waals surface area contributed by atoms with E-state index in [2.05, 4.69) is 93.7 Å². The number of para-hydroxylation sites is 6. The number of rotatable bonds is 11. The van der Waals surface area contributed by atoms with Crippen molar-refractivity contribution < 1.29 is 19.8 Å². The molecule has 8 nitrogen and oxygen atoms in total. The summed E-state index contributed by atoms with van der Waals surface area (Å²) in [4.78, 5) is 19.8. The first-order valence-electron chi connectivity index (χ1n) is 15.8. The number of benzene rings is 6. The molecule has 0 aliphatic carbocycles. The summed E-state index contributed by atoms with van der Waals surface area (Å²) in [5, 5.41) is 20.4. The molecule has 0 saturated carbocycles. The number of nitrogens with one attached hydrogen (secondary N) is 2. The van der Waals surface area contributed by atoms with E-state index in [1.165, 1.54) is 6.92 Å². The normalized spacial score (nSPS) is 10.5. The van der Waals surface area contributed by atoms with Crippen LogP contribution in [-0.4, -0.2) is 22.2 Å². The Morgan fingerprint density at radius 3 is 0.918 bits per heavy atom. The van der Waals surface area contributed by atoms with E-state index in [4.69, 9.17) is 10.2 Å². The number of aliphatic carboxylic acids is 2. The van der Waals surface area contributed by atoms with Crippen LogP contribution in [0, 0.1) is 5.92 Å². The Bertz CT molecular complexity index is 1600. The topological polar surface area (TPSA) is 105 Å². The molecule has 6 rings (SSSR count). The van der Waals surface area contributed by atoms with E-state index < -0.39 is 17.9 Å². The highest BCUT2D eigenvalue weighted by atomic mass is 16.4. The standard InChI is InChI=1S/2C18H16N2.C5H8O4/c2*1-4-10-16(11-5-1)19-20(17-12-6-2-7-13-17)18-14-8-3-9-15-18;1-3(5(8)9)2-4(6)7/h2*1-15,19H;3H,2H2,1H3,(H,6,7)(H,8,9). The molecule has 0 aliphatic heterocycles. The Labute approximate surface area is 287 Å². The Balaban J connectivity index is 0.000000179. The van der Waals surface area contributed by atoms with Crippen molar-refractivity contribution in [3.05, 3.63) is 182 Å². The van der Waals surface area contributed by atoms with E-state index in [-0.39, 0.29) is 6.42 Å². The number of carboxylic acid groups (broad SMARTS) is 2. The predicted molar refractivity (Wildman–Crippen MR) is 199 cm³/mol. The van der Waals surface area contributed by atoms with Gasteiger partial charge >= 0.3 is 11.9 Å². The van der Waals surface area contributed by atoms with E-state index in [0.717, 1.165) is 34.1 Å². The molecule has 6 aromatic rings. The van der Waals surface area contributed by atoms with E-state index in [1.807, 2.05) is 109 Å².